The molecule has 0 aromatic heterocycles. The summed E-state index contributed by atoms with van der Waals surface area (Å²) in [6, 6.07) is -13.1. The molecule has 0 aromatic rings. The number of hydrogen-bond donors (Lipinski definition) is 6. The highest BCUT2D eigenvalue weighted by atomic mass is 16.3. The maximum Gasteiger partial charge on any atom is 0.247 e. The van der Waals surface area contributed by atoms with Crippen LogP contribution in [0.15, 0.2) is 12.2 Å². The largest absolute Gasteiger partial charge is 0.394 e. The van der Waals surface area contributed by atoms with Gasteiger partial charge in [-0.2, -0.15) is 0 Å². The Bertz CT molecular complexity index is 2360. The molecule has 1 heterocycles. The molecule has 12 atom stereocenters. The van der Waals surface area contributed by atoms with E-state index in [1.54, 1.807) is 41.5 Å². The van der Waals surface area contributed by atoms with Crippen LogP contribution in [0.25, 0.3) is 0 Å². The van der Waals surface area contributed by atoms with Gasteiger partial charge >= 0.3 is 0 Å². The van der Waals surface area contributed by atoms with E-state index in [0.29, 0.717) is 12.8 Å². The third kappa shape index (κ3) is 22.4. The fraction of sp³-hybridized carbons (Fsp3) is 0.794. The number of amides is 11. The number of carbonyl (C=O) groups excluding carboxylic acids is 11. The first-order valence-corrected chi connectivity index (χ1v) is 31.2. The number of nitrogens with zero attached hydrogens (tertiary/aromatic N) is 7. The number of aliphatic hydroxyl groups is 2. The van der Waals surface area contributed by atoms with E-state index in [2.05, 4.69) is 21.3 Å². The fourth-order valence-corrected chi connectivity index (χ4v) is 10.8. The Morgan fingerprint density at radius 3 is 1.33 bits per heavy atom. The second-order valence-corrected chi connectivity index (χ2v) is 26.4. The Morgan fingerprint density at radius 1 is 0.460 bits per heavy atom. The topological polar surface area (TPSA) is 299 Å². The molecule has 0 unspecified atom stereocenters. The predicted octanol–water partition coefficient (Wildman–Crippen LogP) is 2.63. The van der Waals surface area contributed by atoms with Crippen molar-refractivity contribution in [1.82, 2.24) is 55.6 Å². The van der Waals surface area contributed by atoms with E-state index < -0.39 is 162 Å². The Kier molecular flexibility index (Phi) is 32.9. The summed E-state index contributed by atoms with van der Waals surface area (Å²) in [5.41, 5.74) is 0. The lowest BCUT2D eigenvalue weighted by atomic mass is 9.91. The number of nitrogens with one attached hydrogen (secondary N) is 4. The van der Waals surface area contributed by atoms with Crippen molar-refractivity contribution in [3.05, 3.63) is 12.2 Å². The minimum atomic E-state index is -1.63. The lowest BCUT2D eigenvalue weighted by Gasteiger charge is -2.41. The van der Waals surface area contributed by atoms with Crippen LogP contribution in [0.1, 0.15) is 156 Å². The number of rotatable bonds is 17. The first-order chi connectivity index (χ1) is 40.2. The maximum atomic E-state index is 15.2. The van der Waals surface area contributed by atoms with E-state index in [1.807, 2.05) is 74.5 Å². The molecule has 87 heavy (non-hydrogen) atoms. The van der Waals surface area contributed by atoms with Crippen LogP contribution < -0.4 is 21.3 Å². The molecule has 1 rings (SSSR count). The van der Waals surface area contributed by atoms with Gasteiger partial charge in [0.25, 0.3) is 0 Å². The van der Waals surface area contributed by atoms with E-state index in [0.717, 1.165) is 14.7 Å². The molecular weight excluding hydrogens is 1120 g/mol. The van der Waals surface area contributed by atoms with Crippen molar-refractivity contribution in [2.24, 2.45) is 41.4 Å². The van der Waals surface area contributed by atoms with Crippen molar-refractivity contribution in [1.29, 1.82) is 0 Å². The maximum absolute atomic E-state index is 15.2. The van der Waals surface area contributed by atoms with Crippen LogP contribution in [0.4, 0.5) is 0 Å². The summed E-state index contributed by atoms with van der Waals surface area (Å²) in [6.45, 7) is 26.8. The van der Waals surface area contributed by atoms with Gasteiger partial charge in [0.15, 0.2) is 0 Å². The van der Waals surface area contributed by atoms with Gasteiger partial charge in [0, 0.05) is 49.3 Å². The third-order valence-electron chi connectivity index (χ3n) is 16.3. The summed E-state index contributed by atoms with van der Waals surface area (Å²) in [4.78, 5) is 169. The monoisotopic (exact) mass is 1230 g/mol. The van der Waals surface area contributed by atoms with Gasteiger partial charge < -0.3 is 65.8 Å². The van der Waals surface area contributed by atoms with Crippen molar-refractivity contribution in [2.45, 2.75) is 222 Å². The molecule has 1 aliphatic heterocycles. The van der Waals surface area contributed by atoms with Crippen molar-refractivity contribution >= 4 is 65.0 Å². The Labute approximate surface area is 520 Å². The second-order valence-electron chi connectivity index (χ2n) is 26.4. The van der Waals surface area contributed by atoms with Crippen molar-refractivity contribution in [3.63, 3.8) is 0 Å². The van der Waals surface area contributed by atoms with Gasteiger partial charge in [0.05, 0.1) is 19.3 Å². The highest BCUT2D eigenvalue weighted by Gasteiger charge is 2.46. The van der Waals surface area contributed by atoms with Crippen LogP contribution in [0, 0.1) is 41.4 Å². The first kappa shape index (κ1) is 78.8. The highest BCUT2D eigenvalue weighted by Crippen LogP contribution is 2.26. The molecule has 0 saturated carbocycles. The highest BCUT2D eigenvalue weighted by molar-refractivity contribution is 5.99. The summed E-state index contributed by atoms with van der Waals surface area (Å²) < 4.78 is 0. The van der Waals surface area contributed by atoms with Gasteiger partial charge in [0.1, 0.15) is 60.4 Å². The van der Waals surface area contributed by atoms with Crippen LogP contribution in [-0.2, 0) is 52.7 Å². The summed E-state index contributed by atoms with van der Waals surface area (Å²) in [5.74, 6) is -10.5. The number of likely N-dealkylation sites (N-methyl/N-ethyl adjacent to an activating group) is 7. The Morgan fingerprint density at radius 2 is 0.885 bits per heavy atom. The quantitative estimate of drug-likeness (QED) is 0.114. The molecule has 1 saturated heterocycles. The van der Waals surface area contributed by atoms with Crippen LogP contribution >= 0.6 is 0 Å². The van der Waals surface area contributed by atoms with E-state index >= 15 is 9.59 Å². The minimum absolute atomic E-state index is 0.0126. The van der Waals surface area contributed by atoms with E-state index in [9.17, 15) is 53.4 Å². The van der Waals surface area contributed by atoms with Crippen LogP contribution in [0.3, 0.4) is 0 Å². The summed E-state index contributed by atoms with van der Waals surface area (Å²) in [7, 11) is 9.71. The van der Waals surface area contributed by atoms with Crippen molar-refractivity contribution in [3.8, 4) is 0 Å². The fourth-order valence-electron chi connectivity index (χ4n) is 10.8. The molecule has 0 radical (unpaired) electrons. The molecule has 6 N–H and O–H groups in total. The summed E-state index contributed by atoms with van der Waals surface area (Å²) >= 11 is 0. The predicted molar refractivity (Wildman–Crippen MR) is 334 cm³/mol. The Balaban J connectivity index is 4.37. The van der Waals surface area contributed by atoms with Crippen LogP contribution in [0.5, 0.6) is 0 Å². The van der Waals surface area contributed by atoms with E-state index in [1.165, 1.54) is 75.9 Å². The smallest absolute Gasteiger partial charge is 0.247 e. The SMILES string of the molecule is CC/C=C/C[C@@H](C)[C@@H](O)[C@H]1C(=O)N[C@@H](CC)C(=O)N(C)CC(=O)N(C)[C@H](CC(C)C)C(=O)N[C@H](C(C)C)C(=O)N(C)[C@H](CC(C)C)C(=O)N[C@@H](C)C(=O)N[C@H](CO)C(=O)N(C)[C@@H](CC(C)C)C(=O)N(C)[C@@H](CC(C)C)C(=O)N(C)[C@@H](C(C)C)C(=O)N1C. The molecule has 1 fully saturated rings. The number of hydrogen-bond acceptors (Lipinski definition) is 13. The molecule has 1 aliphatic rings. The lowest BCUT2D eigenvalue weighted by Crippen LogP contribution is -2.63. The zero-order valence-electron chi connectivity index (χ0n) is 56.9. The standard InChI is InChI=1S/C63H113N11O13/c1-24-26-27-28-41(15)53(77)52-57(81)65-43(25-2)58(82)68(17)33-49(76)69(18)45(29-35(3)4)56(80)67-50(39(11)12)62(86)70(19)46(30-36(5)6)55(79)64-42(16)54(78)66-44(34-75)59(83)71(20)47(31-37(7)8)60(84)72(21)48(32-38(9)10)61(85)73(22)51(40(13)14)63(87)74(52)23/h26-27,35-48,50-53,75,77H,24-25,28-34H2,1-23H3,(H,64,79)(H,65,81)(H,66,78)(H,67,80)/b27-26+/t41-,42+,43+,44-,45-,46-,47+,48+,50-,51+,52+,53-/m1/s1. The third-order valence-corrected chi connectivity index (χ3v) is 16.3. The Hall–Kier alpha value is -6.17. The van der Waals surface area contributed by atoms with Gasteiger partial charge in [-0.3, -0.25) is 52.7 Å². The second kappa shape index (κ2) is 36.3. The van der Waals surface area contributed by atoms with Gasteiger partial charge in [0.2, 0.25) is 65.0 Å². The number of carbonyl (C=O) groups is 11. The molecule has 11 amide bonds. The normalized spacial score (nSPS) is 26.6. The average molecular weight is 1230 g/mol. The van der Waals surface area contributed by atoms with Crippen molar-refractivity contribution in [2.75, 3.05) is 62.5 Å². The van der Waals surface area contributed by atoms with Gasteiger partial charge in [-0.25, -0.2) is 0 Å². The van der Waals surface area contributed by atoms with E-state index in [4.69, 9.17) is 0 Å². The van der Waals surface area contributed by atoms with Gasteiger partial charge in [-0.1, -0.05) is 116 Å². The van der Waals surface area contributed by atoms with Gasteiger partial charge in [-0.15, -0.1) is 0 Å². The van der Waals surface area contributed by atoms with E-state index in [-0.39, 0.29) is 55.8 Å². The first-order valence-electron chi connectivity index (χ1n) is 31.2. The molecule has 24 heteroatoms. The minimum Gasteiger partial charge on any atom is -0.394 e. The molecule has 498 valence electrons. The molecule has 24 nitrogen and oxygen atoms in total. The summed E-state index contributed by atoms with van der Waals surface area (Å²) in [5, 5.41) is 33.6. The molecule has 0 spiro atoms. The zero-order valence-corrected chi connectivity index (χ0v) is 56.9. The lowest BCUT2D eigenvalue weighted by molar-refractivity contribution is -0.157. The number of allylic oxidation sites excluding steroid dienone is 2. The van der Waals surface area contributed by atoms with Crippen molar-refractivity contribution < 1.29 is 63.0 Å². The van der Waals surface area contributed by atoms with Crippen LogP contribution in [0.2, 0.25) is 0 Å². The molecular formula is C63H113N11O13. The molecule has 0 aliphatic carbocycles. The van der Waals surface area contributed by atoms with Gasteiger partial charge in [-0.05, 0) is 93.3 Å². The zero-order chi connectivity index (χ0) is 67.4. The summed E-state index contributed by atoms with van der Waals surface area (Å²) in [6.07, 6.45) is 3.71. The molecule has 0 aromatic carbocycles. The van der Waals surface area contributed by atoms with Crippen LogP contribution in [-0.4, -0.2) is 238 Å². The number of aliphatic hydroxyl groups excluding tert-OH is 2. The molecule has 0 bridgehead atoms. The average Bonchev–Trinajstić information content (AvgIpc) is 1.40.